The van der Waals surface area contributed by atoms with Crippen molar-refractivity contribution in [1.29, 1.82) is 0 Å². The Morgan fingerprint density at radius 1 is 0.929 bits per heavy atom. The number of amides is 3. The molecular weight excluding hydrogens is 611 g/mol. The van der Waals surface area contributed by atoms with E-state index in [-0.39, 0.29) is 29.7 Å². The summed E-state index contributed by atoms with van der Waals surface area (Å²) in [4.78, 5) is 30.2. The molecule has 0 aromatic heterocycles. The molecule has 3 amide bonds. The van der Waals surface area contributed by atoms with E-state index in [4.69, 9.17) is 27.9 Å². The standard InChI is InChI=1S/C28H31Cl2F6N3O3/c1-26(2,3)42-25(41)39-9-8-23(20(15-39)17-6-7-21(29)22(30)12-17)38(5)24(40)37(4)14-16-10-18(27(31,32)33)13-19(11-16)28(34,35)36/h6-7,10-13,20,23H,8-9,14-15H2,1-5H3/t20-,23+/m0/s1. The summed E-state index contributed by atoms with van der Waals surface area (Å²) >= 11 is 12.3. The predicted octanol–water partition coefficient (Wildman–Crippen LogP) is 8.31. The molecule has 2 atom stereocenters. The van der Waals surface area contributed by atoms with Crippen LogP contribution in [0.3, 0.4) is 0 Å². The number of hydrogen-bond acceptors (Lipinski definition) is 3. The van der Waals surface area contributed by atoms with E-state index in [2.05, 4.69) is 0 Å². The Balaban J connectivity index is 1.88. The number of carbonyl (C=O) groups is 2. The van der Waals surface area contributed by atoms with Crippen molar-refractivity contribution in [2.75, 3.05) is 27.2 Å². The zero-order valence-corrected chi connectivity index (χ0v) is 25.0. The van der Waals surface area contributed by atoms with E-state index in [0.29, 0.717) is 29.1 Å². The van der Waals surface area contributed by atoms with E-state index < -0.39 is 59.7 Å². The molecule has 1 aliphatic heterocycles. The van der Waals surface area contributed by atoms with Crippen LogP contribution in [0.4, 0.5) is 35.9 Å². The molecule has 1 saturated heterocycles. The Morgan fingerprint density at radius 3 is 2.00 bits per heavy atom. The lowest BCUT2D eigenvalue weighted by Crippen LogP contribution is -2.54. The van der Waals surface area contributed by atoms with Crippen LogP contribution < -0.4 is 0 Å². The first-order valence-corrected chi connectivity index (χ1v) is 13.6. The van der Waals surface area contributed by atoms with Crippen LogP contribution in [-0.2, 0) is 23.6 Å². The van der Waals surface area contributed by atoms with Crippen LogP contribution >= 0.6 is 23.2 Å². The summed E-state index contributed by atoms with van der Waals surface area (Å²) in [5.41, 5.74) is -3.32. The average Bonchev–Trinajstić information content (AvgIpc) is 2.86. The molecular formula is C28H31Cl2F6N3O3. The molecule has 0 unspecified atom stereocenters. The van der Waals surface area contributed by atoms with Gasteiger partial charge in [-0.2, -0.15) is 26.3 Å². The maximum atomic E-state index is 13.5. The van der Waals surface area contributed by atoms with Crippen LogP contribution in [0, 0.1) is 0 Å². The lowest BCUT2D eigenvalue weighted by molar-refractivity contribution is -0.143. The van der Waals surface area contributed by atoms with Gasteiger partial charge in [-0.15, -0.1) is 0 Å². The van der Waals surface area contributed by atoms with Gasteiger partial charge >= 0.3 is 24.5 Å². The Labute approximate surface area is 250 Å². The third-order valence-corrected chi connectivity index (χ3v) is 7.53. The molecule has 1 heterocycles. The molecule has 42 heavy (non-hydrogen) atoms. The Bertz CT molecular complexity index is 1280. The van der Waals surface area contributed by atoms with Gasteiger partial charge in [-0.3, -0.25) is 0 Å². The number of rotatable bonds is 4. The molecule has 232 valence electrons. The van der Waals surface area contributed by atoms with Crippen molar-refractivity contribution < 1.29 is 40.7 Å². The van der Waals surface area contributed by atoms with Gasteiger partial charge < -0.3 is 19.4 Å². The number of likely N-dealkylation sites (N-methyl/N-ethyl adjacent to an activating group) is 1. The Hall–Kier alpha value is -2.86. The first kappa shape index (κ1) is 33.6. The minimum absolute atomic E-state index is 0.0394. The van der Waals surface area contributed by atoms with E-state index in [9.17, 15) is 35.9 Å². The number of carbonyl (C=O) groups excluding carboxylic acids is 2. The number of piperidine rings is 1. The van der Waals surface area contributed by atoms with Gasteiger partial charge in [0.15, 0.2) is 0 Å². The van der Waals surface area contributed by atoms with Gasteiger partial charge in [-0.05, 0) is 68.7 Å². The van der Waals surface area contributed by atoms with Crippen LogP contribution in [-0.4, -0.2) is 65.7 Å². The molecule has 6 nitrogen and oxygen atoms in total. The van der Waals surface area contributed by atoms with Gasteiger partial charge in [0.05, 0.1) is 21.2 Å². The summed E-state index contributed by atoms with van der Waals surface area (Å²) < 4.78 is 85.5. The van der Waals surface area contributed by atoms with E-state index in [0.717, 1.165) is 4.90 Å². The fourth-order valence-electron chi connectivity index (χ4n) is 4.83. The summed E-state index contributed by atoms with van der Waals surface area (Å²) in [6.45, 7) is 5.09. The average molecular weight is 642 g/mol. The van der Waals surface area contributed by atoms with Crippen molar-refractivity contribution in [2.45, 2.75) is 63.7 Å². The van der Waals surface area contributed by atoms with Crippen LogP contribution in [0.1, 0.15) is 55.4 Å². The summed E-state index contributed by atoms with van der Waals surface area (Å²) in [5, 5.41) is 0.568. The van der Waals surface area contributed by atoms with Gasteiger partial charge in [0.1, 0.15) is 5.60 Å². The van der Waals surface area contributed by atoms with Gasteiger partial charge in [0.2, 0.25) is 0 Å². The summed E-state index contributed by atoms with van der Waals surface area (Å²) in [7, 11) is 2.78. The second-order valence-electron chi connectivity index (χ2n) is 11.2. The highest BCUT2D eigenvalue weighted by Crippen LogP contribution is 2.37. The molecule has 0 N–H and O–H groups in total. The quantitative estimate of drug-likeness (QED) is 0.316. The highest BCUT2D eigenvalue weighted by atomic mass is 35.5. The lowest BCUT2D eigenvalue weighted by atomic mass is 9.85. The largest absolute Gasteiger partial charge is 0.444 e. The number of urea groups is 1. The zero-order chi connectivity index (χ0) is 31.8. The lowest BCUT2D eigenvalue weighted by Gasteiger charge is -2.43. The predicted molar refractivity (Wildman–Crippen MR) is 146 cm³/mol. The second-order valence-corrected chi connectivity index (χ2v) is 12.0. The number of nitrogens with zero attached hydrogens (tertiary/aromatic N) is 3. The normalized spacial score (nSPS) is 18.1. The van der Waals surface area contributed by atoms with Gasteiger partial charge in [-0.25, -0.2) is 9.59 Å². The molecule has 0 radical (unpaired) electrons. The SMILES string of the molecule is CN(Cc1cc(C(F)(F)F)cc(C(F)(F)F)c1)C(=O)N(C)[C@@H]1CCN(C(=O)OC(C)(C)C)C[C@H]1c1ccc(Cl)c(Cl)c1. The highest BCUT2D eigenvalue weighted by molar-refractivity contribution is 6.42. The van der Waals surface area contributed by atoms with E-state index in [1.807, 2.05) is 0 Å². The molecule has 2 aromatic carbocycles. The summed E-state index contributed by atoms with van der Waals surface area (Å²) in [5.74, 6) is -0.464. The minimum atomic E-state index is -5.01. The molecule has 0 bridgehead atoms. The van der Waals surface area contributed by atoms with Crippen molar-refractivity contribution >= 4 is 35.3 Å². The fourth-order valence-corrected chi connectivity index (χ4v) is 5.14. The number of ether oxygens (including phenoxy) is 1. The molecule has 0 saturated carbocycles. The molecule has 3 rings (SSSR count). The smallest absolute Gasteiger partial charge is 0.416 e. The third kappa shape index (κ3) is 8.37. The minimum Gasteiger partial charge on any atom is -0.444 e. The van der Waals surface area contributed by atoms with Crippen molar-refractivity contribution in [3.05, 3.63) is 68.7 Å². The number of benzene rings is 2. The van der Waals surface area contributed by atoms with Crippen molar-refractivity contribution in [3.8, 4) is 0 Å². The topological polar surface area (TPSA) is 53.1 Å². The van der Waals surface area contributed by atoms with E-state index in [1.165, 1.54) is 23.9 Å². The van der Waals surface area contributed by atoms with Crippen LogP contribution in [0.5, 0.6) is 0 Å². The second kappa shape index (κ2) is 12.4. The van der Waals surface area contributed by atoms with Crippen LogP contribution in [0.15, 0.2) is 36.4 Å². The van der Waals surface area contributed by atoms with E-state index >= 15 is 0 Å². The van der Waals surface area contributed by atoms with E-state index in [1.54, 1.807) is 39.0 Å². The van der Waals surface area contributed by atoms with Crippen LogP contribution in [0.25, 0.3) is 0 Å². The summed E-state index contributed by atoms with van der Waals surface area (Å²) in [6, 6.07) is 5.01. The molecule has 1 fully saturated rings. The van der Waals surface area contributed by atoms with Crippen molar-refractivity contribution in [2.24, 2.45) is 0 Å². The monoisotopic (exact) mass is 641 g/mol. The molecule has 0 aliphatic carbocycles. The third-order valence-electron chi connectivity index (χ3n) is 6.79. The Kier molecular flexibility index (Phi) is 9.93. The molecule has 0 spiro atoms. The van der Waals surface area contributed by atoms with Gasteiger partial charge in [-0.1, -0.05) is 29.3 Å². The maximum Gasteiger partial charge on any atom is 0.416 e. The highest BCUT2D eigenvalue weighted by Gasteiger charge is 2.40. The zero-order valence-electron chi connectivity index (χ0n) is 23.5. The first-order chi connectivity index (χ1) is 19.2. The molecule has 14 heteroatoms. The fraction of sp³-hybridized carbons (Fsp3) is 0.500. The number of hydrogen-bond donors (Lipinski definition) is 0. The molecule has 2 aromatic rings. The Morgan fingerprint density at radius 2 is 1.50 bits per heavy atom. The first-order valence-electron chi connectivity index (χ1n) is 12.9. The number of halogens is 8. The number of alkyl halides is 6. The van der Waals surface area contributed by atoms with Gasteiger partial charge in [0, 0.05) is 45.7 Å². The maximum absolute atomic E-state index is 13.5. The number of likely N-dealkylation sites (tertiary alicyclic amines) is 1. The molecule has 1 aliphatic rings. The van der Waals surface area contributed by atoms with Crippen molar-refractivity contribution in [3.63, 3.8) is 0 Å². The van der Waals surface area contributed by atoms with Crippen molar-refractivity contribution in [1.82, 2.24) is 14.7 Å². The van der Waals surface area contributed by atoms with Gasteiger partial charge in [0.25, 0.3) is 0 Å². The van der Waals surface area contributed by atoms with Crippen LogP contribution in [0.2, 0.25) is 10.0 Å². The summed E-state index contributed by atoms with van der Waals surface area (Å²) in [6.07, 6.45) is -10.3.